The maximum atomic E-state index is 13.2. The number of nitrogens with one attached hydrogen (secondary N) is 1. The van der Waals surface area contributed by atoms with E-state index in [-0.39, 0.29) is 41.9 Å². The number of rotatable bonds is 3. The number of fused-ring (bicyclic) bond motifs is 1. The third-order valence-electron chi connectivity index (χ3n) is 5.82. The van der Waals surface area contributed by atoms with E-state index in [1.807, 2.05) is 20.8 Å². The molecule has 0 spiro atoms. The van der Waals surface area contributed by atoms with Gasteiger partial charge in [0.15, 0.2) is 0 Å². The molecular formula is C23H27N3O7. The summed E-state index contributed by atoms with van der Waals surface area (Å²) in [6, 6.07) is 3.75. The van der Waals surface area contributed by atoms with Crippen molar-refractivity contribution in [3.63, 3.8) is 0 Å². The van der Waals surface area contributed by atoms with Crippen molar-refractivity contribution in [3.05, 3.63) is 29.3 Å². The largest absolute Gasteiger partial charge is 0.489 e. The molecule has 0 saturated carbocycles. The molecule has 1 aromatic carbocycles. The van der Waals surface area contributed by atoms with E-state index < -0.39 is 35.3 Å². The summed E-state index contributed by atoms with van der Waals surface area (Å²) < 4.78 is 11.5. The molecule has 2 saturated heterocycles. The summed E-state index contributed by atoms with van der Waals surface area (Å²) in [5.41, 5.74) is -0.272. The first-order valence-corrected chi connectivity index (χ1v) is 11.0. The molecule has 33 heavy (non-hydrogen) atoms. The van der Waals surface area contributed by atoms with E-state index in [0.29, 0.717) is 25.9 Å². The standard InChI is InChI=1S/C23H27N3O7/c1-23(2,3)33-22(31)25-11-9-13(10-12-25)32-16-6-4-5-14-18(16)21(30)26(20(14)29)15-7-8-17(27)24-19(15)28/h4-6,13,15H,7-12H2,1-3H3,(H,24,27,28). The maximum Gasteiger partial charge on any atom is 0.410 e. The molecule has 0 aromatic heterocycles. The number of ether oxygens (including phenoxy) is 2. The first kappa shape index (κ1) is 22.8. The average Bonchev–Trinajstić information content (AvgIpc) is 2.99. The van der Waals surface area contributed by atoms with Gasteiger partial charge in [-0.05, 0) is 39.3 Å². The highest BCUT2D eigenvalue weighted by atomic mass is 16.6. The molecule has 0 aliphatic carbocycles. The SMILES string of the molecule is CC(C)(C)OC(=O)N1CCC(Oc2cccc3c2C(=O)N(C2CCC(=O)NC2=O)C3=O)CC1. The quantitative estimate of drug-likeness (QED) is 0.688. The van der Waals surface area contributed by atoms with Crippen molar-refractivity contribution < 1.29 is 33.4 Å². The van der Waals surface area contributed by atoms with E-state index in [1.165, 1.54) is 6.07 Å². The molecule has 5 amide bonds. The van der Waals surface area contributed by atoms with Gasteiger partial charge in [-0.25, -0.2) is 4.79 Å². The van der Waals surface area contributed by atoms with Crippen molar-refractivity contribution in [2.24, 2.45) is 0 Å². The fraction of sp³-hybridized carbons (Fsp3) is 0.522. The van der Waals surface area contributed by atoms with Crippen LogP contribution < -0.4 is 10.1 Å². The molecule has 0 radical (unpaired) electrons. The lowest BCUT2D eigenvalue weighted by molar-refractivity contribution is -0.136. The normalized spacial score (nSPS) is 21.7. The Morgan fingerprint density at radius 2 is 1.73 bits per heavy atom. The van der Waals surface area contributed by atoms with Crippen molar-refractivity contribution >= 4 is 29.7 Å². The third-order valence-corrected chi connectivity index (χ3v) is 5.82. The van der Waals surface area contributed by atoms with E-state index in [0.717, 1.165) is 4.90 Å². The highest BCUT2D eigenvalue weighted by Crippen LogP contribution is 2.35. The van der Waals surface area contributed by atoms with Crippen LogP contribution in [-0.2, 0) is 14.3 Å². The fourth-order valence-corrected chi connectivity index (χ4v) is 4.24. The lowest BCUT2D eigenvalue weighted by atomic mass is 10.0. The zero-order valence-electron chi connectivity index (χ0n) is 18.9. The van der Waals surface area contributed by atoms with Gasteiger partial charge >= 0.3 is 6.09 Å². The van der Waals surface area contributed by atoms with Crippen molar-refractivity contribution in [1.82, 2.24) is 15.1 Å². The molecule has 3 aliphatic heterocycles. The summed E-state index contributed by atoms with van der Waals surface area (Å²) in [5.74, 6) is -1.98. The van der Waals surface area contributed by atoms with Crippen LogP contribution in [0, 0.1) is 0 Å². The Hall–Kier alpha value is -3.43. The predicted molar refractivity (Wildman–Crippen MR) is 115 cm³/mol. The summed E-state index contributed by atoms with van der Waals surface area (Å²) in [5, 5.41) is 2.18. The molecule has 10 heteroatoms. The highest BCUT2D eigenvalue weighted by molar-refractivity contribution is 6.24. The monoisotopic (exact) mass is 457 g/mol. The number of nitrogens with zero attached hydrogens (tertiary/aromatic N) is 2. The van der Waals surface area contributed by atoms with Crippen LogP contribution in [0.2, 0.25) is 0 Å². The zero-order valence-corrected chi connectivity index (χ0v) is 18.9. The minimum absolute atomic E-state index is 0.0589. The zero-order chi connectivity index (χ0) is 23.9. The number of amides is 5. The van der Waals surface area contributed by atoms with Crippen molar-refractivity contribution in [3.8, 4) is 5.75 Å². The molecular weight excluding hydrogens is 430 g/mol. The van der Waals surface area contributed by atoms with Gasteiger partial charge in [-0.1, -0.05) is 6.07 Å². The average molecular weight is 457 g/mol. The smallest absolute Gasteiger partial charge is 0.410 e. The van der Waals surface area contributed by atoms with Gasteiger partial charge in [0.25, 0.3) is 11.8 Å². The Labute approximate surface area is 191 Å². The minimum Gasteiger partial charge on any atom is -0.489 e. The molecule has 1 aromatic rings. The molecule has 3 heterocycles. The molecule has 176 valence electrons. The van der Waals surface area contributed by atoms with Crippen LogP contribution in [0.1, 0.15) is 67.2 Å². The summed E-state index contributed by atoms with van der Waals surface area (Å²) in [7, 11) is 0. The molecule has 0 bridgehead atoms. The minimum atomic E-state index is -1.03. The van der Waals surface area contributed by atoms with Crippen molar-refractivity contribution in [2.75, 3.05) is 13.1 Å². The van der Waals surface area contributed by atoms with Crippen LogP contribution in [0.25, 0.3) is 0 Å². The van der Waals surface area contributed by atoms with Gasteiger partial charge in [-0.3, -0.25) is 29.4 Å². The number of carbonyl (C=O) groups is 5. The second-order valence-corrected chi connectivity index (χ2v) is 9.41. The number of piperidine rings is 2. The van der Waals surface area contributed by atoms with E-state index >= 15 is 0 Å². The van der Waals surface area contributed by atoms with Crippen molar-refractivity contribution in [1.29, 1.82) is 0 Å². The molecule has 1 N–H and O–H groups in total. The van der Waals surface area contributed by atoms with E-state index in [9.17, 15) is 24.0 Å². The maximum absolute atomic E-state index is 13.2. The van der Waals surface area contributed by atoms with E-state index in [1.54, 1.807) is 17.0 Å². The Morgan fingerprint density at radius 1 is 1.03 bits per heavy atom. The summed E-state index contributed by atoms with van der Waals surface area (Å²) in [6.07, 6.45) is 0.618. The second-order valence-electron chi connectivity index (χ2n) is 9.41. The second kappa shape index (κ2) is 8.49. The number of hydrogen-bond acceptors (Lipinski definition) is 7. The Kier molecular flexibility index (Phi) is 5.85. The lowest BCUT2D eigenvalue weighted by Crippen LogP contribution is -2.54. The molecule has 3 aliphatic rings. The number of benzene rings is 1. The molecule has 1 unspecified atom stereocenters. The summed E-state index contributed by atoms with van der Waals surface area (Å²) in [6.45, 7) is 6.33. The van der Waals surface area contributed by atoms with Crippen LogP contribution in [0.3, 0.4) is 0 Å². The van der Waals surface area contributed by atoms with Gasteiger partial charge in [-0.2, -0.15) is 0 Å². The van der Waals surface area contributed by atoms with Crippen LogP contribution in [0.5, 0.6) is 5.75 Å². The molecule has 2 fully saturated rings. The molecule has 10 nitrogen and oxygen atoms in total. The van der Waals surface area contributed by atoms with Gasteiger partial charge in [0, 0.05) is 32.4 Å². The first-order chi connectivity index (χ1) is 15.5. The van der Waals surface area contributed by atoms with E-state index in [4.69, 9.17) is 9.47 Å². The number of imide groups is 2. The summed E-state index contributed by atoms with van der Waals surface area (Å²) in [4.78, 5) is 64.6. The van der Waals surface area contributed by atoms with Crippen LogP contribution in [-0.4, -0.2) is 70.4 Å². The van der Waals surface area contributed by atoms with Gasteiger partial charge in [0.1, 0.15) is 23.5 Å². The van der Waals surface area contributed by atoms with Gasteiger partial charge < -0.3 is 14.4 Å². The summed E-state index contributed by atoms with van der Waals surface area (Å²) >= 11 is 0. The molecule has 4 rings (SSSR count). The Balaban J connectivity index is 1.45. The van der Waals surface area contributed by atoms with Gasteiger partial charge in [0.05, 0.1) is 11.1 Å². The predicted octanol–water partition coefficient (Wildman–Crippen LogP) is 1.87. The van der Waals surface area contributed by atoms with Crippen molar-refractivity contribution in [2.45, 2.75) is 64.2 Å². The number of hydrogen-bond donors (Lipinski definition) is 1. The van der Waals surface area contributed by atoms with Crippen LogP contribution in [0.15, 0.2) is 18.2 Å². The fourth-order valence-electron chi connectivity index (χ4n) is 4.24. The Bertz CT molecular complexity index is 1020. The topological polar surface area (TPSA) is 122 Å². The Morgan fingerprint density at radius 3 is 2.36 bits per heavy atom. The van der Waals surface area contributed by atoms with Gasteiger partial charge in [-0.15, -0.1) is 0 Å². The number of likely N-dealkylation sites (tertiary alicyclic amines) is 1. The van der Waals surface area contributed by atoms with E-state index in [2.05, 4.69) is 5.32 Å². The third kappa shape index (κ3) is 4.55. The highest BCUT2D eigenvalue weighted by Gasteiger charge is 2.46. The lowest BCUT2D eigenvalue weighted by Gasteiger charge is -2.33. The van der Waals surface area contributed by atoms with Gasteiger partial charge in [0.2, 0.25) is 11.8 Å². The first-order valence-electron chi connectivity index (χ1n) is 11.0. The number of carbonyl (C=O) groups excluding carboxylic acids is 5. The van der Waals surface area contributed by atoms with Crippen LogP contribution in [0.4, 0.5) is 4.79 Å². The van der Waals surface area contributed by atoms with Crippen LogP contribution >= 0.6 is 0 Å². The molecule has 1 atom stereocenters.